The molecule has 0 aromatic rings. The average Bonchev–Trinajstić information content (AvgIpc) is 2.77. The average molecular weight is 195 g/mol. The standard InChI is InChI=1S/C12H21NO/c1-2-4-11(3-1)14-12-7-9-5-6-10(8-12)13-9/h9-13H,1-8H2/t9-,10+,12+. The highest BCUT2D eigenvalue weighted by atomic mass is 16.5. The Labute approximate surface area is 86.4 Å². The van der Waals surface area contributed by atoms with Crippen molar-refractivity contribution >= 4 is 0 Å². The molecule has 2 aliphatic heterocycles. The molecule has 80 valence electrons. The summed E-state index contributed by atoms with van der Waals surface area (Å²) in [7, 11) is 0. The first-order valence-electron chi connectivity index (χ1n) is 6.31. The van der Waals surface area contributed by atoms with Crippen LogP contribution in [0.25, 0.3) is 0 Å². The molecule has 2 heteroatoms. The third-order valence-corrected chi connectivity index (χ3v) is 4.12. The van der Waals surface area contributed by atoms with Gasteiger partial charge < -0.3 is 10.1 Å². The van der Waals surface area contributed by atoms with Gasteiger partial charge in [0.15, 0.2) is 0 Å². The maximum Gasteiger partial charge on any atom is 0.0608 e. The zero-order valence-corrected chi connectivity index (χ0v) is 8.87. The third kappa shape index (κ3) is 1.82. The van der Waals surface area contributed by atoms with E-state index < -0.39 is 0 Å². The summed E-state index contributed by atoms with van der Waals surface area (Å²) in [6, 6.07) is 1.56. The van der Waals surface area contributed by atoms with Crippen LogP contribution >= 0.6 is 0 Å². The molecule has 0 aromatic heterocycles. The number of hydrogen-bond acceptors (Lipinski definition) is 2. The minimum absolute atomic E-state index is 0.580. The van der Waals surface area contributed by atoms with Crippen LogP contribution < -0.4 is 5.32 Å². The van der Waals surface area contributed by atoms with E-state index in [-0.39, 0.29) is 0 Å². The van der Waals surface area contributed by atoms with E-state index in [1.54, 1.807) is 0 Å². The molecule has 3 rings (SSSR count). The van der Waals surface area contributed by atoms with Crippen LogP contribution in [0.3, 0.4) is 0 Å². The van der Waals surface area contributed by atoms with Crippen LogP contribution in [0.5, 0.6) is 0 Å². The van der Waals surface area contributed by atoms with Crippen molar-refractivity contribution in [1.82, 2.24) is 5.32 Å². The molecule has 3 fully saturated rings. The van der Waals surface area contributed by atoms with E-state index in [1.807, 2.05) is 0 Å². The summed E-state index contributed by atoms with van der Waals surface area (Å²) in [6.07, 6.45) is 11.9. The van der Waals surface area contributed by atoms with Crippen LogP contribution in [0, 0.1) is 0 Å². The van der Waals surface area contributed by atoms with Crippen molar-refractivity contribution in [1.29, 1.82) is 0 Å². The summed E-state index contributed by atoms with van der Waals surface area (Å²) in [4.78, 5) is 0. The molecule has 1 N–H and O–H groups in total. The van der Waals surface area contributed by atoms with E-state index in [0.29, 0.717) is 12.2 Å². The van der Waals surface area contributed by atoms with E-state index in [9.17, 15) is 0 Å². The zero-order valence-electron chi connectivity index (χ0n) is 8.87. The number of nitrogens with one attached hydrogen (secondary N) is 1. The fraction of sp³-hybridized carbons (Fsp3) is 1.00. The van der Waals surface area contributed by atoms with Crippen molar-refractivity contribution in [3.05, 3.63) is 0 Å². The van der Waals surface area contributed by atoms with Crippen LogP contribution in [0.2, 0.25) is 0 Å². The second-order valence-electron chi connectivity index (χ2n) is 5.27. The summed E-state index contributed by atoms with van der Waals surface area (Å²) in [5.74, 6) is 0. The van der Waals surface area contributed by atoms with Crippen LogP contribution in [0.4, 0.5) is 0 Å². The van der Waals surface area contributed by atoms with E-state index >= 15 is 0 Å². The summed E-state index contributed by atoms with van der Waals surface area (Å²) in [5.41, 5.74) is 0. The first kappa shape index (κ1) is 9.17. The highest BCUT2D eigenvalue weighted by Gasteiger charge is 2.35. The molecule has 0 aromatic carbocycles. The lowest BCUT2D eigenvalue weighted by Gasteiger charge is -2.31. The molecule has 2 heterocycles. The Bertz CT molecular complexity index is 188. The molecule has 2 bridgehead atoms. The molecule has 0 unspecified atom stereocenters. The molecule has 2 saturated heterocycles. The number of ether oxygens (including phenoxy) is 1. The van der Waals surface area contributed by atoms with Gasteiger partial charge in [0.2, 0.25) is 0 Å². The summed E-state index contributed by atoms with van der Waals surface area (Å²) >= 11 is 0. The van der Waals surface area contributed by atoms with Crippen LogP contribution in [0.1, 0.15) is 51.4 Å². The van der Waals surface area contributed by atoms with Crippen LogP contribution in [-0.2, 0) is 4.74 Å². The van der Waals surface area contributed by atoms with E-state index in [2.05, 4.69) is 5.32 Å². The Morgan fingerprint density at radius 1 is 0.786 bits per heavy atom. The SMILES string of the molecule is C1CCC(O[C@H]2C[C@H]3CC[C@@H](C2)N3)C1. The van der Waals surface area contributed by atoms with Gasteiger partial charge in [0.05, 0.1) is 12.2 Å². The fourth-order valence-corrected chi connectivity index (χ4v) is 3.41. The zero-order chi connectivity index (χ0) is 9.38. The summed E-state index contributed by atoms with van der Waals surface area (Å²) in [5, 5.41) is 3.67. The molecular formula is C12H21NO. The minimum atomic E-state index is 0.580. The number of piperidine rings is 1. The lowest BCUT2D eigenvalue weighted by atomic mass is 10.0. The van der Waals surface area contributed by atoms with Crippen LogP contribution in [-0.4, -0.2) is 24.3 Å². The number of hydrogen-bond donors (Lipinski definition) is 1. The molecule has 0 radical (unpaired) electrons. The van der Waals surface area contributed by atoms with Gasteiger partial charge in [-0.3, -0.25) is 0 Å². The van der Waals surface area contributed by atoms with Gasteiger partial charge in [-0.15, -0.1) is 0 Å². The summed E-state index contributed by atoms with van der Waals surface area (Å²) < 4.78 is 6.19. The predicted molar refractivity (Wildman–Crippen MR) is 56.3 cm³/mol. The van der Waals surface area contributed by atoms with Crippen LogP contribution in [0.15, 0.2) is 0 Å². The number of rotatable bonds is 2. The second-order valence-corrected chi connectivity index (χ2v) is 5.27. The van der Waals surface area contributed by atoms with Crippen molar-refractivity contribution < 1.29 is 4.74 Å². The topological polar surface area (TPSA) is 21.3 Å². The molecule has 1 aliphatic carbocycles. The molecule has 2 nitrogen and oxygen atoms in total. The smallest absolute Gasteiger partial charge is 0.0608 e. The van der Waals surface area contributed by atoms with E-state index in [0.717, 1.165) is 12.1 Å². The molecule has 1 saturated carbocycles. The maximum absolute atomic E-state index is 6.19. The van der Waals surface area contributed by atoms with Gasteiger partial charge >= 0.3 is 0 Å². The monoisotopic (exact) mass is 195 g/mol. The summed E-state index contributed by atoms with van der Waals surface area (Å²) in [6.45, 7) is 0. The molecule has 14 heavy (non-hydrogen) atoms. The lowest BCUT2D eigenvalue weighted by Crippen LogP contribution is -2.42. The predicted octanol–water partition coefficient (Wildman–Crippen LogP) is 2.23. The van der Waals surface area contributed by atoms with Crippen molar-refractivity contribution in [3.8, 4) is 0 Å². The van der Waals surface area contributed by atoms with Gasteiger partial charge in [0.25, 0.3) is 0 Å². The number of fused-ring (bicyclic) bond motifs is 2. The van der Waals surface area contributed by atoms with Gasteiger partial charge in [0, 0.05) is 12.1 Å². The quantitative estimate of drug-likeness (QED) is 0.729. The van der Waals surface area contributed by atoms with Crippen molar-refractivity contribution in [2.45, 2.75) is 75.7 Å². The maximum atomic E-state index is 6.19. The molecule has 3 atom stereocenters. The highest BCUT2D eigenvalue weighted by Crippen LogP contribution is 2.31. The van der Waals surface area contributed by atoms with Crippen molar-refractivity contribution in [2.75, 3.05) is 0 Å². The molecule has 3 aliphatic rings. The minimum Gasteiger partial charge on any atom is -0.375 e. The Hall–Kier alpha value is -0.0800. The van der Waals surface area contributed by atoms with Gasteiger partial charge in [-0.25, -0.2) is 0 Å². The van der Waals surface area contributed by atoms with Gasteiger partial charge in [-0.2, -0.15) is 0 Å². The molecule has 0 spiro atoms. The Morgan fingerprint density at radius 3 is 2.07 bits per heavy atom. The fourth-order valence-electron chi connectivity index (χ4n) is 3.41. The van der Waals surface area contributed by atoms with Crippen molar-refractivity contribution in [3.63, 3.8) is 0 Å². The van der Waals surface area contributed by atoms with Gasteiger partial charge in [-0.1, -0.05) is 12.8 Å². The Morgan fingerprint density at radius 2 is 1.43 bits per heavy atom. The lowest BCUT2D eigenvalue weighted by molar-refractivity contribution is -0.0314. The first-order chi connectivity index (χ1) is 6.90. The van der Waals surface area contributed by atoms with Crippen molar-refractivity contribution in [2.24, 2.45) is 0 Å². The third-order valence-electron chi connectivity index (χ3n) is 4.12. The Kier molecular flexibility index (Phi) is 2.50. The van der Waals surface area contributed by atoms with Gasteiger partial charge in [0.1, 0.15) is 0 Å². The first-order valence-corrected chi connectivity index (χ1v) is 6.31. The van der Waals surface area contributed by atoms with E-state index in [4.69, 9.17) is 4.74 Å². The second kappa shape index (κ2) is 3.82. The largest absolute Gasteiger partial charge is 0.375 e. The highest BCUT2D eigenvalue weighted by molar-refractivity contribution is 4.93. The Balaban J connectivity index is 1.53. The van der Waals surface area contributed by atoms with E-state index in [1.165, 1.54) is 51.4 Å². The van der Waals surface area contributed by atoms with Gasteiger partial charge in [-0.05, 0) is 38.5 Å². The normalized spacial score (nSPS) is 43.3. The molecular weight excluding hydrogens is 174 g/mol. The molecule has 0 amide bonds.